The second-order valence-electron chi connectivity index (χ2n) is 6.96. The van der Waals surface area contributed by atoms with Crippen molar-refractivity contribution in [1.29, 1.82) is 0 Å². The maximum absolute atomic E-state index is 13.9. The van der Waals surface area contributed by atoms with Crippen LogP contribution < -0.4 is 4.90 Å². The molecule has 0 aliphatic carbocycles. The zero-order valence-corrected chi connectivity index (χ0v) is 16.6. The molecule has 1 aliphatic rings. The van der Waals surface area contributed by atoms with Gasteiger partial charge in [-0.25, -0.2) is 4.98 Å². The second-order valence-corrected chi connectivity index (χ2v) is 8.16. The highest BCUT2D eigenvalue weighted by Crippen LogP contribution is 2.55. The molecule has 2 heterocycles. The predicted molar refractivity (Wildman–Crippen MR) is 112 cm³/mol. The third kappa shape index (κ3) is 2.40. The topological polar surface area (TPSA) is 33.2 Å². The maximum atomic E-state index is 13.9. The Bertz CT molecular complexity index is 1020. The summed E-state index contributed by atoms with van der Waals surface area (Å²) in [5.74, 6) is -0.111. The molecule has 1 aromatic heterocycles. The lowest BCUT2D eigenvalue weighted by Crippen LogP contribution is -2.44. The summed E-state index contributed by atoms with van der Waals surface area (Å²) < 4.78 is 0. The van der Waals surface area contributed by atoms with Gasteiger partial charge in [0.1, 0.15) is 5.41 Å². The number of hydrogen-bond donors (Lipinski definition) is 0. The number of allylic oxidation sites excluding steroid dienone is 1. The molecule has 0 saturated heterocycles. The maximum Gasteiger partial charge on any atom is 0.243 e. The van der Waals surface area contributed by atoms with Gasteiger partial charge in [0.15, 0.2) is 0 Å². The minimum absolute atomic E-state index is 0.0733. The molecular weight excluding hydrogens is 352 g/mol. The number of benzene rings is 2. The van der Waals surface area contributed by atoms with Crippen LogP contribution in [0.25, 0.3) is 0 Å². The van der Waals surface area contributed by atoms with Crippen LogP contribution in [0.15, 0.2) is 67.3 Å². The van der Waals surface area contributed by atoms with Gasteiger partial charge in [0.05, 0.1) is 10.7 Å². The lowest BCUT2D eigenvalue weighted by atomic mass is 9.66. The number of nitrogens with zero attached hydrogens (tertiary/aromatic N) is 2. The van der Waals surface area contributed by atoms with E-state index in [0.29, 0.717) is 0 Å². The van der Waals surface area contributed by atoms with Crippen molar-refractivity contribution in [2.45, 2.75) is 25.2 Å². The van der Waals surface area contributed by atoms with Crippen molar-refractivity contribution in [3.05, 3.63) is 94.0 Å². The lowest BCUT2D eigenvalue weighted by Gasteiger charge is -2.35. The summed E-state index contributed by atoms with van der Waals surface area (Å²) in [5.41, 5.74) is 3.13. The van der Waals surface area contributed by atoms with Crippen LogP contribution in [-0.2, 0) is 10.2 Å². The number of aromatic nitrogens is 1. The van der Waals surface area contributed by atoms with Gasteiger partial charge < -0.3 is 4.90 Å². The quantitative estimate of drug-likeness (QED) is 0.603. The zero-order chi connectivity index (χ0) is 19.2. The van der Waals surface area contributed by atoms with Crippen molar-refractivity contribution in [2.24, 2.45) is 0 Å². The fraction of sp³-hybridized carbons (Fsp3) is 0.217. The molecule has 1 amide bonds. The summed E-state index contributed by atoms with van der Waals surface area (Å²) in [6.45, 7) is 8.13. The highest BCUT2D eigenvalue weighted by Gasteiger charge is 2.57. The molecule has 3 nitrogen and oxygen atoms in total. The van der Waals surface area contributed by atoms with Gasteiger partial charge in [-0.15, -0.1) is 17.9 Å². The fourth-order valence-electron chi connectivity index (χ4n) is 4.37. The third-order valence-electron chi connectivity index (χ3n) is 5.45. The van der Waals surface area contributed by atoms with Gasteiger partial charge in [-0.2, -0.15) is 0 Å². The standard InChI is InChI=1S/C23H22N2OS/c1-5-18(17-11-7-6-8-12-17)23(21-15(2)24-16(3)27-21)19-13-9-10-14-20(19)25(4)22(23)26/h5-14,18H,1H2,2-4H3. The Balaban J connectivity index is 2.11. The smallest absolute Gasteiger partial charge is 0.243 e. The van der Waals surface area contributed by atoms with E-state index in [2.05, 4.69) is 29.8 Å². The Labute approximate surface area is 164 Å². The highest BCUT2D eigenvalue weighted by atomic mass is 32.1. The third-order valence-corrected chi connectivity index (χ3v) is 6.66. The molecule has 4 heteroatoms. The number of rotatable bonds is 4. The minimum Gasteiger partial charge on any atom is -0.314 e. The van der Waals surface area contributed by atoms with Crippen LogP contribution in [0.1, 0.15) is 32.6 Å². The molecule has 0 spiro atoms. The van der Waals surface area contributed by atoms with Gasteiger partial charge in [0, 0.05) is 23.5 Å². The van der Waals surface area contributed by atoms with E-state index in [9.17, 15) is 4.79 Å². The first-order chi connectivity index (χ1) is 13.0. The van der Waals surface area contributed by atoms with Crippen molar-refractivity contribution in [3.63, 3.8) is 0 Å². The van der Waals surface area contributed by atoms with E-state index in [4.69, 9.17) is 0 Å². The first-order valence-corrected chi connectivity index (χ1v) is 9.83. The van der Waals surface area contributed by atoms with Crippen molar-refractivity contribution in [3.8, 4) is 0 Å². The number of aryl methyl sites for hydroxylation is 2. The van der Waals surface area contributed by atoms with Crippen molar-refractivity contribution in [2.75, 3.05) is 11.9 Å². The monoisotopic (exact) mass is 374 g/mol. The highest BCUT2D eigenvalue weighted by molar-refractivity contribution is 7.12. The molecule has 0 bridgehead atoms. The molecule has 136 valence electrons. The average Bonchev–Trinajstić information content (AvgIpc) is 3.13. The van der Waals surface area contributed by atoms with E-state index in [0.717, 1.165) is 32.4 Å². The van der Waals surface area contributed by atoms with E-state index in [-0.39, 0.29) is 11.8 Å². The van der Waals surface area contributed by atoms with Gasteiger partial charge >= 0.3 is 0 Å². The minimum atomic E-state index is -0.843. The lowest BCUT2D eigenvalue weighted by molar-refractivity contribution is -0.121. The molecule has 0 radical (unpaired) electrons. The Morgan fingerprint density at radius 2 is 1.78 bits per heavy atom. The van der Waals surface area contributed by atoms with E-state index in [1.807, 2.05) is 63.4 Å². The molecule has 1 aliphatic heterocycles. The van der Waals surface area contributed by atoms with Gasteiger partial charge in [0.25, 0.3) is 0 Å². The largest absolute Gasteiger partial charge is 0.314 e. The molecule has 2 atom stereocenters. The number of amides is 1. The normalized spacial score (nSPS) is 19.8. The average molecular weight is 375 g/mol. The number of para-hydroxylation sites is 1. The Morgan fingerprint density at radius 3 is 2.41 bits per heavy atom. The summed E-state index contributed by atoms with van der Waals surface area (Å²) in [6.07, 6.45) is 1.91. The molecule has 3 aromatic rings. The molecule has 0 saturated carbocycles. The van der Waals surface area contributed by atoms with Gasteiger partial charge in [0.2, 0.25) is 5.91 Å². The molecular formula is C23H22N2OS. The first-order valence-electron chi connectivity index (χ1n) is 9.01. The van der Waals surface area contributed by atoms with E-state index in [1.165, 1.54) is 0 Å². The SMILES string of the molecule is C=CC(c1ccccc1)C1(c2sc(C)nc2C)C(=O)N(C)c2ccccc21. The number of likely N-dealkylation sites (N-methyl/N-ethyl adjacent to an activating group) is 1. The van der Waals surface area contributed by atoms with Crippen LogP contribution in [-0.4, -0.2) is 17.9 Å². The molecule has 27 heavy (non-hydrogen) atoms. The number of thiazole rings is 1. The number of anilines is 1. The van der Waals surface area contributed by atoms with Gasteiger partial charge in [-0.05, 0) is 31.0 Å². The summed E-state index contributed by atoms with van der Waals surface area (Å²) >= 11 is 1.61. The van der Waals surface area contributed by atoms with E-state index < -0.39 is 5.41 Å². The van der Waals surface area contributed by atoms with Crippen LogP contribution in [0.4, 0.5) is 5.69 Å². The summed E-state index contributed by atoms with van der Waals surface area (Å²) in [5, 5.41) is 0.970. The molecule has 2 unspecified atom stereocenters. The number of hydrogen-bond acceptors (Lipinski definition) is 3. The van der Waals surface area contributed by atoms with Crippen LogP contribution in [0.5, 0.6) is 0 Å². The van der Waals surface area contributed by atoms with Crippen LogP contribution in [0.3, 0.4) is 0 Å². The molecule has 4 rings (SSSR count). The van der Waals surface area contributed by atoms with Crippen LogP contribution in [0.2, 0.25) is 0 Å². The summed E-state index contributed by atoms with van der Waals surface area (Å²) in [6, 6.07) is 18.3. The van der Waals surface area contributed by atoms with Crippen molar-refractivity contribution < 1.29 is 4.79 Å². The van der Waals surface area contributed by atoms with Crippen molar-refractivity contribution in [1.82, 2.24) is 4.98 Å². The van der Waals surface area contributed by atoms with Gasteiger partial charge in [-0.1, -0.05) is 54.6 Å². The number of carbonyl (C=O) groups excluding carboxylic acids is 1. The number of carbonyl (C=O) groups is 1. The zero-order valence-electron chi connectivity index (χ0n) is 15.8. The second kappa shape index (κ2) is 6.46. The van der Waals surface area contributed by atoms with Crippen molar-refractivity contribution >= 4 is 22.9 Å². The van der Waals surface area contributed by atoms with E-state index >= 15 is 0 Å². The number of fused-ring (bicyclic) bond motifs is 1. The van der Waals surface area contributed by atoms with E-state index in [1.54, 1.807) is 16.2 Å². The van der Waals surface area contributed by atoms with Crippen LogP contribution >= 0.6 is 11.3 Å². The molecule has 0 fully saturated rings. The molecule has 0 N–H and O–H groups in total. The first kappa shape index (κ1) is 17.7. The predicted octanol–water partition coefficient (Wildman–Crippen LogP) is 4.99. The summed E-state index contributed by atoms with van der Waals surface area (Å²) in [7, 11) is 1.86. The summed E-state index contributed by atoms with van der Waals surface area (Å²) in [4.78, 5) is 21.3. The Morgan fingerprint density at radius 1 is 1.11 bits per heavy atom. The van der Waals surface area contributed by atoms with Crippen LogP contribution in [0, 0.1) is 13.8 Å². The fourth-order valence-corrected chi connectivity index (χ4v) is 5.53. The van der Waals surface area contributed by atoms with Gasteiger partial charge in [-0.3, -0.25) is 4.79 Å². The Hall–Kier alpha value is -2.72. The Kier molecular flexibility index (Phi) is 4.23. The molecule has 2 aromatic carbocycles.